The van der Waals surface area contributed by atoms with Gasteiger partial charge in [-0.2, -0.15) is 0 Å². The molecule has 0 saturated heterocycles. The van der Waals surface area contributed by atoms with Crippen LogP contribution in [-0.4, -0.2) is 42.5 Å². The maximum Gasteiger partial charge on any atom is 0.253 e. The summed E-state index contributed by atoms with van der Waals surface area (Å²) >= 11 is 0. The summed E-state index contributed by atoms with van der Waals surface area (Å²) in [5.41, 5.74) is 2.61. The van der Waals surface area contributed by atoms with E-state index in [4.69, 9.17) is 4.74 Å². The molecule has 1 amide bonds. The van der Waals surface area contributed by atoms with Gasteiger partial charge >= 0.3 is 0 Å². The van der Waals surface area contributed by atoms with Crippen LogP contribution < -0.4 is 15.4 Å². The lowest BCUT2D eigenvalue weighted by molar-refractivity contribution is 0.0773. The van der Waals surface area contributed by atoms with Crippen LogP contribution in [0.2, 0.25) is 0 Å². The van der Waals surface area contributed by atoms with E-state index in [0.29, 0.717) is 37.7 Å². The fraction of sp³-hybridized carbons (Fsp3) is 0.440. The van der Waals surface area contributed by atoms with Crippen LogP contribution in [0.25, 0.3) is 0 Å². The second kappa shape index (κ2) is 11.4. The fourth-order valence-electron chi connectivity index (χ4n) is 3.12. The molecule has 0 unspecified atom stereocenters. The van der Waals surface area contributed by atoms with E-state index in [-0.39, 0.29) is 11.5 Å². The van der Waals surface area contributed by atoms with Gasteiger partial charge in [0.05, 0.1) is 0 Å². The van der Waals surface area contributed by atoms with Gasteiger partial charge in [0, 0.05) is 44.4 Å². The largest absolute Gasteiger partial charge is 0.488 e. The molecule has 2 rings (SSSR count). The number of ether oxygens (including phenoxy) is 1. The number of para-hydroxylation sites is 1. The third-order valence-corrected chi connectivity index (χ3v) is 4.77. The van der Waals surface area contributed by atoms with Crippen LogP contribution in [0.4, 0.5) is 0 Å². The number of aliphatic imine (C=N–C) groups is 1. The number of guanidine groups is 1. The SMILES string of the molecule is CCN(CC)C(=O)c1ccc(CNC(=NC)NCc2ccccc2OC(C)(C)C)cc1. The summed E-state index contributed by atoms with van der Waals surface area (Å²) in [6.45, 7) is 12.7. The van der Waals surface area contributed by atoms with E-state index in [1.54, 1.807) is 7.05 Å². The van der Waals surface area contributed by atoms with Crippen LogP contribution in [-0.2, 0) is 13.1 Å². The van der Waals surface area contributed by atoms with Gasteiger partial charge in [-0.15, -0.1) is 0 Å². The molecule has 0 atom stereocenters. The van der Waals surface area contributed by atoms with Crippen molar-refractivity contribution >= 4 is 11.9 Å². The normalized spacial score (nSPS) is 11.7. The number of carbonyl (C=O) groups is 1. The molecule has 0 aliphatic rings. The predicted molar refractivity (Wildman–Crippen MR) is 128 cm³/mol. The molecule has 168 valence electrons. The van der Waals surface area contributed by atoms with Crippen LogP contribution in [0.3, 0.4) is 0 Å². The predicted octanol–water partition coefficient (Wildman–Crippen LogP) is 4.21. The van der Waals surface area contributed by atoms with Crippen molar-refractivity contribution in [3.05, 3.63) is 65.2 Å². The zero-order valence-corrected chi connectivity index (χ0v) is 19.7. The minimum absolute atomic E-state index is 0.0677. The highest BCUT2D eigenvalue weighted by Gasteiger charge is 2.15. The van der Waals surface area contributed by atoms with Crippen molar-refractivity contribution < 1.29 is 9.53 Å². The molecule has 0 radical (unpaired) electrons. The van der Waals surface area contributed by atoms with Crippen LogP contribution in [0.15, 0.2) is 53.5 Å². The Morgan fingerprint density at radius 3 is 2.16 bits per heavy atom. The average molecular weight is 425 g/mol. The maximum absolute atomic E-state index is 12.4. The molecule has 6 heteroatoms. The fourth-order valence-corrected chi connectivity index (χ4v) is 3.12. The summed E-state index contributed by atoms with van der Waals surface area (Å²) < 4.78 is 6.06. The van der Waals surface area contributed by atoms with Crippen LogP contribution in [0.1, 0.15) is 56.1 Å². The summed E-state index contributed by atoms with van der Waals surface area (Å²) in [4.78, 5) is 18.6. The van der Waals surface area contributed by atoms with Gasteiger partial charge in [0.1, 0.15) is 11.4 Å². The third kappa shape index (κ3) is 7.63. The molecule has 6 nitrogen and oxygen atoms in total. The number of hydrogen-bond acceptors (Lipinski definition) is 3. The molecule has 31 heavy (non-hydrogen) atoms. The maximum atomic E-state index is 12.4. The molecule has 2 N–H and O–H groups in total. The van der Waals surface area contributed by atoms with E-state index in [2.05, 4.69) is 15.6 Å². The van der Waals surface area contributed by atoms with Crippen LogP contribution >= 0.6 is 0 Å². The van der Waals surface area contributed by atoms with Gasteiger partial charge in [0.25, 0.3) is 5.91 Å². The molecule has 2 aromatic carbocycles. The van der Waals surface area contributed by atoms with Gasteiger partial charge in [0.2, 0.25) is 0 Å². The molecule has 0 spiro atoms. The number of amides is 1. The molecule has 0 aromatic heterocycles. The first-order chi connectivity index (χ1) is 14.8. The smallest absolute Gasteiger partial charge is 0.253 e. The molecular formula is C25H36N4O2. The van der Waals surface area contributed by atoms with E-state index >= 15 is 0 Å². The van der Waals surface area contributed by atoms with Gasteiger partial charge < -0.3 is 20.3 Å². The number of carbonyl (C=O) groups excluding carboxylic acids is 1. The molecule has 0 saturated carbocycles. The van der Waals surface area contributed by atoms with Crippen molar-refractivity contribution in [3.8, 4) is 5.75 Å². The molecule has 2 aromatic rings. The zero-order chi connectivity index (χ0) is 22.9. The Balaban J connectivity index is 1.93. The molecule has 0 heterocycles. The van der Waals surface area contributed by atoms with E-state index in [9.17, 15) is 4.79 Å². The minimum Gasteiger partial charge on any atom is -0.488 e. The Bertz CT molecular complexity index is 866. The number of rotatable bonds is 8. The molecule has 0 bridgehead atoms. The topological polar surface area (TPSA) is 66.0 Å². The Labute approximate surface area is 186 Å². The van der Waals surface area contributed by atoms with Gasteiger partial charge in [0.15, 0.2) is 5.96 Å². The van der Waals surface area contributed by atoms with Gasteiger partial charge in [-0.3, -0.25) is 9.79 Å². The zero-order valence-electron chi connectivity index (χ0n) is 19.7. The second-order valence-electron chi connectivity index (χ2n) is 8.28. The molecule has 0 aliphatic heterocycles. The highest BCUT2D eigenvalue weighted by atomic mass is 16.5. The summed E-state index contributed by atoms with van der Waals surface area (Å²) in [6.07, 6.45) is 0. The van der Waals surface area contributed by atoms with Gasteiger partial charge in [-0.05, 0) is 58.4 Å². The van der Waals surface area contributed by atoms with Crippen molar-refractivity contribution in [1.29, 1.82) is 0 Å². The Kier molecular flexibility index (Phi) is 8.91. The first-order valence-electron chi connectivity index (χ1n) is 10.9. The molecular weight excluding hydrogens is 388 g/mol. The van der Waals surface area contributed by atoms with Crippen molar-refractivity contribution in [2.75, 3.05) is 20.1 Å². The minimum atomic E-state index is -0.255. The Morgan fingerprint density at radius 2 is 1.58 bits per heavy atom. The first-order valence-corrected chi connectivity index (χ1v) is 10.9. The van der Waals surface area contributed by atoms with Crippen molar-refractivity contribution in [3.63, 3.8) is 0 Å². The Morgan fingerprint density at radius 1 is 0.968 bits per heavy atom. The standard InChI is InChI=1S/C25H36N4O2/c1-7-29(8-2)23(30)20-15-13-19(14-16-20)17-27-24(26-6)28-18-21-11-9-10-12-22(21)31-25(3,4)5/h9-16H,7-8,17-18H2,1-6H3,(H2,26,27,28). The lowest BCUT2D eigenvalue weighted by Gasteiger charge is -2.23. The summed E-state index contributed by atoms with van der Waals surface area (Å²) in [7, 11) is 1.75. The van der Waals surface area contributed by atoms with Gasteiger partial charge in [-0.1, -0.05) is 30.3 Å². The summed E-state index contributed by atoms with van der Waals surface area (Å²) in [5.74, 6) is 1.64. The van der Waals surface area contributed by atoms with E-state index in [1.165, 1.54) is 0 Å². The molecule has 0 fully saturated rings. The number of nitrogens with zero attached hydrogens (tertiary/aromatic N) is 2. The highest BCUT2D eigenvalue weighted by Crippen LogP contribution is 2.22. The third-order valence-electron chi connectivity index (χ3n) is 4.77. The summed E-state index contributed by atoms with van der Waals surface area (Å²) in [5, 5.41) is 6.66. The van der Waals surface area contributed by atoms with Crippen molar-refractivity contribution in [2.45, 2.75) is 53.3 Å². The monoisotopic (exact) mass is 424 g/mol. The second-order valence-corrected chi connectivity index (χ2v) is 8.28. The number of hydrogen-bond donors (Lipinski definition) is 2. The van der Waals surface area contributed by atoms with Gasteiger partial charge in [-0.25, -0.2) is 0 Å². The number of benzene rings is 2. The summed E-state index contributed by atoms with van der Waals surface area (Å²) in [6, 6.07) is 15.7. The van der Waals surface area contributed by atoms with Crippen molar-refractivity contribution in [2.24, 2.45) is 4.99 Å². The van der Waals surface area contributed by atoms with Crippen LogP contribution in [0, 0.1) is 0 Å². The highest BCUT2D eigenvalue weighted by molar-refractivity contribution is 5.94. The van der Waals surface area contributed by atoms with E-state index < -0.39 is 0 Å². The quantitative estimate of drug-likeness (QED) is 0.492. The lowest BCUT2D eigenvalue weighted by atomic mass is 10.1. The van der Waals surface area contributed by atoms with E-state index in [1.807, 2.05) is 88.0 Å². The van der Waals surface area contributed by atoms with E-state index in [0.717, 1.165) is 16.9 Å². The Hall–Kier alpha value is -3.02. The van der Waals surface area contributed by atoms with Crippen LogP contribution in [0.5, 0.6) is 5.75 Å². The van der Waals surface area contributed by atoms with Crippen molar-refractivity contribution in [1.82, 2.24) is 15.5 Å². The average Bonchev–Trinajstić information content (AvgIpc) is 2.75. The number of nitrogens with one attached hydrogen (secondary N) is 2. The lowest BCUT2D eigenvalue weighted by Crippen LogP contribution is -2.36. The molecule has 0 aliphatic carbocycles. The first kappa shape index (κ1) is 24.3.